The summed E-state index contributed by atoms with van der Waals surface area (Å²) in [6.07, 6.45) is 6.16. The number of rotatable bonds is 8. The molecule has 1 rings (SSSR count). The maximum atomic E-state index is 9.35. The minimum atomic E-state index is -0.537. The van der Waals surface area contributed by atoms with E-state index in [0.717, 1.165) is 13.0 Å². The van der Waals surface area contributed by atoms with Crippen LogP contribution in [0.5, 0.6) is 0 Å². The Morgan fingerprint density at radius 3 is 2.44 bits per heavy atom. The number of hydrogen-bond acceptors (Lipinski definition) is 4. The molecule has 2 N–H and O–H groups in total. The van der Waals surface area contributed by atoms with Gasteiger partial charge in [0.15, 0.2) is 0 Å². The summed E-state index contributed by atoms with van der Waals surface area (Å²) in [6, 6.07) is 0. The van der Waals surface area contributed by atoms with Gasteiger partial charge in [0, 0.05) is 6.54 Å². The maximum Gasteiger partial charge on any atom is 0.0997 e. The Hall–Kier alpha value is -0.160. The predicted molar refractivity (Wildman–Crippen MR) is 63.2 cm³/mol. The highest BCUT2D eigenvalue weighted by molar-refractivity contribution is 4.92. The zero-order valence-corrected chi connectivity index (χ0v) is 10.3. The average molecular weight is 231 g/mol. The van der Waals surface area contributed by atoms with Crippen molar-refractivity contribution in [3.63, 3.8) is 0 Å². The molecule has 1 heterocycles. The largest absolute Gasteiger partial charge is 0.394 e. The highest BCUT2D eigenvalue weighted by atomic mass is 16.5. The van der Waals surface area contributed by atoms with Gasteiger partial charge in [-0.2, -0.15) is 0 Å². The zero-order chi connectivity index (χ0) is 11.9. The van der Waals surface area contributed by atoms with E-state index in [2.05, 4.69) is 11.8 Å². The fraction of sp³-hybridized carbons (Fsp3) is 1.00. The molecule has 0 amide bonds. The standard InChI is InChI=1S/C12H25NO3/c1-2-3-4-5-6-7-13-11-16-10-12(13,8-14)9-15/h14-15H,2-11H2,1H3. The van der Waals surface area contributed by atoms with Gasteiger partial charge in [-0.1, -0.05) is 32.6 Å². The van der Waals surface area contributed by atoms with Crippen LogP contribution in [-0.4, -0.2) is 53.7 Å². The van der Waals surface area contributed by atoms with Crippen molar-refractivity contribution in [1.29, 1.82) is 0 Å². The summed E-state index contributed by atoms with van der Waals surface area (Å²) in [4.78, 5) is 2.07. The highest BCUT2D eigenvalue weighted by Crippen LogP contribution is 2.22. The van der Waals surface area contributed by atoms with E-state index >= 15 is 0 Å². The van der Waals surface area contributed by atoms with E-state index < -0.39 is 5.54 Å². The van der Waals surface area contributed by atoms with Crippen molar-refractivity contribution in [2.75, 3.05) is 33.1 Å². The van der Waals surface area contributed by atoms with E-state index in [0.29, 0.717) is 13.3 Å². The van der Waals surface area contributed by atoms with E-state index in [1.54, 1.807) is 0 Å². The molecule has 4 heteroatoms. The summed E-state index contributed by atoms with van der Waals surface area (Å²) in [5.41, 5.74) is -0.537. The quantitative estimate of drug-likeness (QED) is 0.611. The lowest BCUT2D eigenvalue weighted by Crippen LogP contribution is -2.52. The monoisotopic (exact) mass is 231 g/mol. The number of hydrogen-bond donors (Lipinski definition) is 2. The van der Waals surface area contributed by atoms with Crippen LogP contribution in [0.25, 0.3) is 0 Å². The van der Waals surface area contributed by atoms with Gasteiger partial charge in [0.1, 0.15) is 0 Å². The van der Waals surface area contributed by atoms with Crippen LogP contribution in [0.3, 0.4) is 0 Å². The van der Waals surface area contributed by atoms with Crippen LogP contribution >= 0.6 is 0 Å². The third-order valence-corrected chi connectivity index (χ3v) is 3.41. The molecule has 0 spiro atoms. The Morgan fingerprint density at radius 1 is 1.12 bits per heavy atom. The number of aliphatic hydroxyl groups is 2. The van der Waals surface area contributed by atoms with Gasteiger partial charge in [0.05, 0.1) is 32.1 Å². The van der Waals surface area contributed by atoms with Crippen LogP contribution in [0.15, 0.2) is 0 Å². The number of ether oxygens (including phenoxy) is 1. The van der Waals surface area contributed by atoms with Crippen molar-refractivity contribution in [2.45, 2.75) is 44.6 Å². The molecule has 96 valence electrons. The van der Waals surface area contributed by atoms with Gasteiger partial charge in [0.25, 0.3) is 0 Å². The first-order valence-electron chi connectivity index (χ1n) is 6.33. The van der Waals surface area contributed by atoms with Crippen LogP contribution in [0, 0.1) is 0 Å². The lowest BCUT2D eigenvalue weighted by Gasteiger charge is -2.33. The molecule has 0 bridgehead atoms. The minimum Gasteiger partial charge on any atom is -0.394 e. The van der Waals surface area contributed by atoms with Crippen molar-refractivity contribution in [3.8, 4) is 0 Å². The van der Waals surface area contributed by atoms with Gasteiger partial charge in [-0.05, 0) is 6.42 Å². The topological polar surface area (TPSA) is 52.9 Å². The molecule has 0 saturated carbocycles. The van der Waals surface area contributed by atoms with Crippen LogP contribution in [0.1, 0.15) is 39.0 Å². The molecule has 0 aromatic carbocycles. The van der Waals surface area contributed by atoms with E-state index in [9.17, 15) is 10.2 Å². The maximum absolute atomic E-state index is 9.35. The summed E-state index contributed by atoms with van der Waals surface area (Å²) >= 11 is 0. The molecule has 4 nitrogen and oxygen atoms in total. The second-order valence-corrected chi connectivity index (χ2v) is 4.70. The zero-order valence-electron chi connectivity index (χ0n) is 10.3. The first-order valence-corrected chi connectivity index (χ1v) is 6.33. The molecule has 0 radical (unpaired) electrons. The molecule has 0 aliphatic carbocycles. The average Bonchev–Trinajstić information content (AvgIpc) is 2.72. The normalized spacial score (nSPS) is 20.4. The molecular formula is C12H25NO3. The van der Waals surface area contributed by atoms with Gasteiger partial charge < -0.3 is 14.9 Å². The number of nitrogens with zero attached hydrogens (tertiary/aromatic N) is 1. The molecule has 1 aliphatic rings. The highest BCUT2D eigenvalue weighted by Gasteiger charge is 2.40. The molecule has 0 atom stereocenters. The lowest BCUT2D eigenvalue weighted by molar-refractivity contribution is 0.0223. The Balaban J connectivity index is 2.24. The summed E-state index contributed by atoms with van der Waals surface area (Å²) in [5.74, 6) is 0. The van der Waals surface area contributed by atoms with Crippen LogP contribution < -0.4 is 0 Å². The van der Waals surface area contributed by atoms with Crippen LogP contribution in [0.4, 0.5) is 0 Å². The van der Waals surface area contributed by atoms with E-state index in [1.165, 1.54) is 25.7 Å². The summed E-state index contributed by atoms with van der Waals surface area (Å²) in [7, 11) is 0. The summed E-state index contributed by atoms with van der Waals surface area (Å²) < 4.78 is 5.34. The first kappa shape index (κ1) is 13.9. The van der Waals surface area contributed by atoms with Gasteiger partial charge >= 0.3 is 0 Å². The Morgan fingerprint density at radius 2 is 1.81 bits per heavy atom. The van der Waals surface area contributed by atoms with Gasteiger partial charge in [-0.15, -0.1) is 0 Å². The molecule has 0 aromatic rings. The van der Waals surface area contributed by atoms with Crippen LogP contribution in [0.2, 0.25) is 0 Å². The fourth-order valence-electron chi connectivity index (χ4n) is 2.12. The van der Waals surface area contributed by atoms with Gasteiger partial charge in [0.2, 0.25) is 0 Å². The molecule has 0 aromatic heterocycles. The Kier molecular flexibility index (Phi) is 6.28. The van der Waals surface area contributed by atoms with E-state index in [1.807, 2.05) is 0 Å². The fourth-order valence-corrected chi connectivity index (χ4v) is 2.12. The second kappa shape index (κ2) is 7.22. The van der Waals surface area contributed by atoms with Crippen molar-refractivity contribution in [2.24, 2.45) is 0 Å². The first-order chi connectivity index (χ1) is 7.79. The Bertz CT molecular complexity index is 183. The van der Waals surface area contributed by atoms with Crippen molar-refractivity contribution in [1.82, 2.24) is 4.90 Å². The minimum absolute atomic E-state index is 0.0293. The molecule has 0 unspecified atom stereocenters. The summed E-state index contributed by atoms with van der Waals surface area (Å²) in [6.45, 7) is 4.03. The van der Waals surface area contributed by atoms with Gasteiger partial charge in [-0.3, -0.25) is 4.90 Å². The second-order valence-electron chi connectivity index (χ2n) is 4.70. The molecule has 1 aliphatic heterocycles. The molecular weight excluding hydrogens is 206 g/mol. The summed E-state index contributed by atoms with van der Waals surface area (Å²) in [5, 5.41) is 18.7. The Labute approximate surface area is 98.2 Å². The lowest BCUT2D eigenvalue weighted by atomic mass is 10.0. The SMILES string of the molecule is CCCCCCCN1COCC1(CO)CO. The predicted octanol–water partition coefficient (Wildman–Crippen LogP) is 0.970. The molecule has 1 fully saturated rings. The van der Waals surface area contributed by atoms with Crippen molar-refractivity contribution in [3.05, 3.63) is 0 Å². The smallest absolute Gasteiger partial charge is 0.0997 e. The molecule has 16 heavy (non-hydrogen) atoms. The van der Waals surface area contributed by atoms with Gasteiger partial charge in [-0.25, -0.2) is 0 Å². The van der Waals surface area contributed by atoms with E-state index in [-0.39, 0.29) is 13.2 Å². The van der Waals surface area contributed by atoms with Crippen molar-refractivity contribution < 1.29 is 14.9 Å². The number of unbranched alkanes of at least 4 members (excludes halogenated alkanes) is 4. The molecule has 1 saturated heterocycles. The third-order valence-electron chi connectivity index (χ3n) is 3.41. The van der Waals surface area contributed by atoms with Crippen LogP contribution in [-0.2, 0) is 4.74 Å². The van der Waals surface area contributed by atoms with E-state index in [4.69, 9.17) is 4.74 Å². The number of aliphatic hydroxyl groups excluding tert-OH is 2. The third kappa shape index (κ3) is 3.42. The van der Waals surface area contributed by atoms with Crippen molar-refractivity contribution >= 4 is 0 Å².